The summed E-state index contributed by atoms with van der Waals surface area (Å²) in [4.78, 5) is 15.6. The maximum Gasteiger partial charge on any atom is 0.248 e. The molecule has 0 radical (unpaired) electrons. The zero-order valence-electron chi connectivity index (χ0n) is 12.5. The number of aliphatic hydroxyl groups is 1. The van der Waals surface area contributed by atoms with Crippen LogP contribution in [0.1, 0.15) is 11.7 Å². The van der Waals surface area contributed by atoms with Gasteiger partial charge in [-0.15, -0.1) is 0 Å². The summed E-state index contributed by atoms with van der Waals surface area (Å²) in [5.74, 6) is 0.00319. The predicted molar refractivity (Wildman–Crippen MR) is 86.3 cm³/mol. The number of ether oxygens (including phenoxy) is 1. The van der Waals surface area contributed by atoms with Crippen LogP contribution in [0, 0.1) is 0 Å². The third kappa shape index (κ3) is 4.57. The maximum absolute atomic E-state index is 11.7. The molecule has 1 atom stereocenters. The van der Waals surface area contributed by atoms with Gasteiger partial charge in [0.1, 0.15) is 6.61 Å². The summed E-state index contributed by atoms with van der Waals surface area (Å²) < 4.78 is 4.86. The molecule has 1 aromatic rings. The molecule has 22 heavy (non-hydrogen) atoms. The molecule has 1 aliphatic rings. The number of aliphatic hydroxyl groups excluding tert-OH is 1. The standard InChI is InChI=1S/C15H20Cl2N2O3/c1-22-10-15(21)19-6-4-18(5-7-19)9-14(20)12-3-2-11(16)8-13(12)17/h2-3,8,14,20H,4-7,9-10H2,1H3. The topological polar surface area (TPSA) is 53.0 Å². The zero-order valence-corrected chi connectivity index (χ0v) is 14.0. The number of benzene rings is 1. The molecular weight excluding hydrogens is 327 g/mol. The molecule has 7 heteroatoms. The molecule has 1 fully saturated rings. The summed E-state index contributed by atoms with van der Waals surface area (Å²) in [7, 11) is 1.51. The first-order chi connectivity index (χ1) is 10.5. The van der Waals surface area contributed by atoms with Gasteiger partial charge in [0.2, 0.25) is 5.91 Å². The Morgan fingerprint density at radius 3 is 2.59 bits per heavy atom. The number of amides is 1. The Kier molecular flexibility index (Phi) is 6.47. The lowest BCUT2D eigenvalue weighted by molar-refractivity contribution is -0.137. The lowest BCUT2D eigenvalue weighted by Gasteiger charge is -2.35. The highest BCUT2D eigenvalue weighted by Crippen LogP contribution is 2.27. The fraction of sp³-hybridized carbons (Fsp3) is 0.533. The molecule has 0 bridgehead atoms. The van der Waals surface area contributed by atoms with Gasteiger partial charge in [-0.1, -0.05) is 29.3 Å². The number of hydrogen-bond donors (Lipinski definition) is 1. The lowest BCUT2D eigenvalue weighted by atomic mass is 10.1. The number of methoxy groups -OCH3 is 1. The third-order valence-corrected chi connectivity index (χ3v) is 4.31. The quantitative estimate of drug-likeness (QED) is 0.883. The van der Waals surface area contributed by atoms with Gasteiger partial charge in [-0.2, -0.15) is 0 Å². The van der Waals surface area contributed by atoms with E-state index < -0.39 is 6.10 Å². The molecule has 0 aromatic heterocycles. The first-order valence-electron chi connectivity index (χ1n) is 7.13. The molecule has 2 rings (SSSR count). The van der Waals surface area contributed by atoms with Crippen molar-refractivity contribution in [1.29, 1.82) is 0 Å². The minimum Gasteiger partial charge on any atom is -0.387 e. The number of carbonyl (C=O) groups is 1. The molecule has 0 spiro atoms. The first-order valence-corrected chi connectivity index (χ1v) is 7.89. The number of rotatable bonds is 5. The van der Waals surface area contributed by atoms with E-state index in [1.807, 2.05) is 0 Å². The van der Waals surface area contributed by atoms with E-state index in [0.717, 1.165) is 13.1 Å². The van der Waals surface area contributed by atoms with E-state index in [9.17, 15) is 9.90 Å². The lowest BCUT2D eigenvalue weighted by Crippen LogP contribution is -2.50. The highest BCUT2D eigenvalue weighted by atomic mass is 35.5. The van der Waals surface area contributed by atoms with Crippen molar-refractivity contribution in [1.82, 2.24) is 9.80 Å². The Morgan fingerprint density at radius 1 is 1.32 bits per heavy atom. The van der Waals surface area contributed by atoms with Crippen LogP contribution >= 0.6 is 23.2 Å². The van der Waals surface area contributed by atoms with Crippen molar-refractivity contribution in [2.24, 2.45) is 0 Å². The summed E-state index contributed by atoms with van der Waals surface area (Å²) in [6.45, 7) is 3.32. The normalized spacial score (nSPS) is 17.5. The molecule has 0 aliphatic carbocycles. The summed E-state index contributed by atoms with van der Waals surface area (Å²) in [5, 5.41) is 11.3. The summed E-state index contributed by atoms with van der Waals surface area (Å²) >= 11 is 12.0. The number of nitrogens with zero attached hydrogens (tertiary/aromatic N) is 2. The number of β-amino-alcohol motifs (C(OH)–C–C–N with tert-alkyl or cyclic N) is 1. The van der Waals surface area contributed by atoms with Gasteiger partial charge in [0, 0.05) is 55.4 Å². The van der Waals surface area contributed by atoms with Crippen molar-refractivity contribution in [3.63, 3.8) is 0 Å². The smallest absolute Gasteiger partial charge is 0.248 e. The highest BCUT2D eigenvalue weighted by molar-refractivity contribution is 6.35. The van der Waals surface area contributed by atoms with E-state index in [2.05, 4.69) is 4.90 Å². The van der Waals surface area contributed by atoms with Crippen LogP contribution in [0.2, 0.25) is 10.0 Å². The van der Waals surface area contributed by atoms with Crippen molar-refractivity contribution < 1.29 is 14.6 Å². The van der Waals surface area contributed by atoms with Crippen LogP contribution in [0.3, 0.4) is 0 Å². The van der Waals surface area contributed by atoms with E-state index in [1.54, 1.807) is 23.1 Å². The van der Waals surface area contributed by atoms with Crippen molar-refractivity contribution in [3.8, 4) is 0 Å². The minimum absolute atomic E-state index is 0.00319. The fourth-order valence-electron chi connectivity index (χ4n) is 2.51. The number of hydrogen-bond acceptors (Lipinski definition) is 4. The van der Waals surface area contributed by atoms with Gasteiger partial charge in [-0.05, 0) is 12.1 Å². The van der Waals surface area contributed by atoms with Crippen LogP contribution in [0.15, 0.2) is 18.2 Å². The van der Waals surface area contributed by atoms with Crippen LogP contribution in [0.5, 0.6) is 0 Å². The van der Waals surface area contributed by atoms with Crippen LogP contribution in [0.25, 0.3) is 0 Å². The molecular formula is C15H20Cl2N2O3. The average Bonchev–Trinajstić information content (AvgIpc) is 2.48. The Hall–Kier alpha value is -0.850. The molecule has 1 aromatic carbocycles. The zero-order chi connectivity index (χ0) is 16.1. The van der Waals surface area contributed by atoms with Crippen LogP contribution in [-0.4, -0.2) is 67.3 Å². The summed E-state index contributed by atoms with van der Waals surface area (Å²) in [6, 6.07) is 5.09. The summed E-state index contributed by atoms with van der Waals surface area (Å²) in [6.07, 6.45) is -0.675. The molecule has 1 N–H and O–H groups in total. The van der Waals surface area contributed by atoms with Crippen LogP contribution < -0.4 is 0 Å². The number of piperazine rings is 1. The van der Waals surface area contributed by atoms with E-state index >= 15 is 0 Å². The second kappa shape index (κ2) is 8.13. The third-order valence-electron chi connectivity index (χ3n) is 3.75. The van der Waals surface area contributed by atoms with Gasteiger partial charge in [0.05, 0.1) is 6.10 Å². The second-order valence-electron chi connectivity index (χ2n) is 5.30. The fourth-order valence-corrected chi connectivity index (χ4v) is 3.04. The average molecular weight is 347 g/mol. The van der Waals surface area contributed by atoms with E-state index in [-0.39, 0.29) is 12.5 Å². The van der Waals surface area contributed by atoms with Gasteiger partial charge >= 0.3 is 0 Å². The van der Waals surface area contributed by atoms with Gasteiger partial charge in [-0.3, -0.25) is 9.69 Å². The van der Waals surface area contributed by atoms with Crippen molar-refractivity contribution in [2.75, 3.05) is 46.4 Å². The molecule has 1 amide bonds. The number of halogens is 2. The van der Waals surface area contributed by atoms with Crippen molar-refractivity contribution >= 4 is 29.1 Å². The van der Waals surface area contributed by atoms with Crippen molar-refractivity contribution in [3.05, 3.63) is 33.8 Å². The molecule has 1 aliphatic heterocycles. The monoisotopic (exact) mass is 346 g/mol. The molecule has 5 nitrogen and oxygen atoms in total. The Labute approximate surface area is 140 Å². The molecule has 1 heterocycles. The molecule has 1 saturated heterocycles. The SMILES string of the molecule is COCC(=O)N1CCN(CC(O)c2ccc(Cl)cc2Cl)CC1. The Bertz CT molecular complexity index is 520. The van der Waals surface area contributed by atoms with E-state index in [0.29, 0.717) is 35.2 Å². The van der Waals surface area contributed by atoms with Gasteiger partial charge < -0.3 is 14.7 Å². The van der Waals surface area contributed by atoms with Crippen LogP contribution in [0.4, 0.5) is 0 Å². The van der Waals surface area contributed by atoms with Gasteiger partial charge in [0.15, 0.2) is 0 Å². The van der Waals surface area contributed by atoms with Gasteiger partial charge in [-0.25, -0.2) is 0 Å². The van der Waals surface area contributed by atoms with Crippen molar-refractivity contribution in [2.45, 2.75) is 6.10 Å². The Balaban J connectivity index is 1.86. The highest BCUT2D eigenvalue weighted by Gasteiger charge is 2.23. The number of carbonyl (C=O) groups excluding carboxylic acids is 1. The maximum atomic E-state index is 11.7. The van der Waals surface area contributed by atoms with E-state index in [4.69, 9.17) is 27.9 Å². The van der Waals surface area contributed by atoms with Crippen LogP contribution in [-0.2, 0) is 9.53 Å². The largest absolute Gasteiger partial charge is 0.387 e. The summed E-state index contributed by atoms with van der Waals surface area (Å²) in [5.41, 5.74) is 0.670. The van der Waals surface area contributed by atoms with E-state index in [1.165, 1.54) is 7.11 Å². The second-order valence-corrected chi connectivity index (χ2v) is 6.14. The predicted octanol–water partition coefficient (Wildman–Crippen LogP) is 1.82. The Morgan fingerprint density at radius 2 is 2.00 bits per heavy atom. The molecule has 122 valence electrons. The molecule has 1 unspecified atom stereocenters. The van der Waals surface area contributed by atoms with Gasteiger partial charge in [0.25, 0.3) is 0 Å². The first kappa shape index (κ1) is 17.5. The molecule has 0 saturated carbocycles. The minimum atomic E-state index is -0.675.